The van der Waals surface area contributed by atoms with Crippen LogP contribution in [0.4, 0.5) is 0 Å². The van der Waals surface area contributed by atoms with E-state index >= 15 is 0 Å². The number of fused-ring (bicyclic) bond motifs is 1. The summed E-state index contributed by atoms with van der Waals surface area (Å²) in [7, 11) is 0. The van der Waals surface area contributed by atoms with E-state index in [2.05, 4.69) is 0 Å². The van der Waals surface area contributed by atoms with Gasteiger partial charge in [-0.05, 0) is 30.2 Å². The molecule has 0 fully saturated rings. The molecule has 0 saturated carbocycles. The van der Waals surface area contributed by atoms with Gasteiger partial charge >= 0.3 is 0 Å². The van der Waals surface area contributed by atoms with Crippen molar-refractivity contribution in [1.29, 1.82) is 0 Å². The Morgan fingerprint density at radius 3 is 2.24 bits per heavy atom. The molecule has 0 N–H and O–H groups in total. The molecule has 0 aliphatic heterocycles. The fourth-order valence-corrected chi connectivity index (χ4v) is 3.16. The second-order valence-electron chi connectivity index (χ2n) is 6.26. The highest BCUT2D eigenvalue weighted by molar-refractivity contribution is 5.83. The highest BCUT2D eigenvalue weighted by Gasteiger charge is 2.16. The van der Waals surface area contributed by atoms with Crippen molar-refractivity contribution in [2.75, 3.05) is 0 Å². The first-order chi connectivity index (χ1) is 12.2. The molecule has 2 heteroatoms. The number of rotatable bonds is 3. The third-order valence-electron chi connectivity index (χ3n) is 4.39. The van der Waals surface area contributed by atoms with E-state index < -0.39 is 0 Å². The van der Waals surface area contributed by atoms with Crippen LogP contribution in [0.15, 0.2) is 88.1 Å². The summed E-state index contributed by atoms with van der Waals surface area (Å²) >= 11 is 0. The summed E-state index contributed by atoms with van der Waals surface area (Å²) in [5.41, 5.74) is 4.39. The largest absolute Gasteiger partial charge is 0.460 e. The van der Waals surface area contributed by atoms with Gasteiger partial charge in [-0.3, -0.25) is 4.79 Å². The van der Waals surface area contributed by atoms with E-state index in [1.807, 2.05) is 85.8 Å². The average Bonchev–Trinajstić information content (AvgIpc) is 2.64. The molecule has 0 amide bonds. The Labute approximate surface area is 146 Å². The van der Waals surface area contributed by atoms with Crippen LogP contribution < -0.4 is 5.43 Å². The molecule has 0 unspecified atom stereocenters. The summed E-state index contributed by atoms with van der Waals surface area (Å²) in [5.74, 6) is 0.707. The fourth-order valence-electron chi connectivity index (χ4n) is 3.16. The first-order valence-electron chi connectivity index (χ1n) is 8.38. The Morgan fingerprint density at radius 2 is 1.52 bits per heavy atom. The zero-order valence-electron chi connectivity index (χ0n) is 14.0. The highest BCUT2D eigenvalue weighted by atomic mass is 16.3. The quantitative estimate of drug-likeness (QED) is 0.507. The van der Waals surface area contributed by atoms with Crippen LogP contribution >= 0.6 is 0 Å². The van der Waals surface area contributed by atoms with Gasteiger partial charge in [0.15, 0.2) is 0 Å². The van der Waals surface area contributed by atoms with E-state index in [9.17, 15) is 4.79 Å². The number of aryl methyl sites for hydroxylation is 1. The molecule has 0 saturated heterocycles. The van der Waals surface area contributed by atoms with Gasteiger partial charge in [-0.15, -0.1) is 0 Å². The van der Waals surface area contributed by atoms with Gasteiger partial charge in [0.25, 0.3) is 0 Å². The van der Waals surface area contributed by atoms with Crippen molar-refractivity contribution < 1.29 is 4.42 Å². The van der Waals surface area contributed by atoms with E-state index in [4.69, 9.17) is 4.42 Å². The molecule has 0 aliphatic rings. The van der Waals surface area contributed by atoms with Gasteiger partial charge in [-0.25, -0.2) is 0 Å². The van der Waals surface area contributed by atoms with Crippen LogP contribution in [0.3, 0.4) is 0 Å². The lowest BCUT2D eigenvalue weighted by molar-refractivity contribution is 0.551. The molecule has 1 heterocycles. The van der Waals surface area contributed by atoms with Crippen LogP contribution in [-0.2, 0) is 6.42 Å². The molecule has 1 aromatic heterocycles. The number of benzene rings is 3. The molecule has 0 aliphatic carbocycles. The van der Waals surface area contributed by atoms with Crippen LogP contribution in [0.25, 0.3) is 22.1 Å². The zero-order valence-corrected chi connectivity index (χ0v) is 14.0. The fraction of sp³-hybridized carbons (Fsp3) is 0.0870. The molecule has 2 nitrogen and oxygen atoms in total. The van der Waals surface area contributed by atoms with Gasteiger partial charge in [-0.1, -0.05) is 72.3 Å². The van der Waals surface area contributed by atoms with Gasteiger partial charge in [0, 0.05) is 6.42 Å². The van der Waals surface area contributed by atoms with Crippen LogP contribution in [0.2, 0.25) is 0 Å². The zero-order chi connectivity index (χ0) is 17.2. The van der Waals surface area contributed by atoms with E-state index in [1.165, 1.54) is 0 Å². The molecule has 0 atom stereocenters. The lowest BCUT2D eigenvalue weighted by atomic mass is 9.98. The van der Waals surface area contributed by atoms with Crippen molar-refractivity contribution in [3.05, 3.63) is 106 Å². The van der Waals surface area contributed by atoms with Crippen molar-refractivity contribution in [3.63, 3.8) is 0 Å². The first-order valence-corrected chi connectivity index (χ1v) is 8.38. The maximum absolute atomic E-state index is 13.2. The minimum Gasteiger partial charge on any atom is -0.460 e. The molecule has 25 heavy (non-hydrogen) atoms. The van der Waals surface area contributed by atoms with Crippen molar-refractivity contribution in [3.8, 4) is 11.1 Å². The highest BCUT2D eigenvalue weighted by Crippen LogP contribution is 2.27. The normalized spacial score (nSPS) is 10.9. The monoisotopic (exact) mass is 326 g/mol. The maximum atomic E-state index is 13.2. The Kier molecular flexibility index (Phi) is 3.95. The third-order valence-corrected chi connectivity index (χ3v) is 4.39. The van der Waals surface area contributed by atoms with Gasteiger partial charge in [0.05, 0.1) is 10.9 Å². The van der Waals surface area contributed by atoms with Crippen molar-refractivity contribution >= 4 is 11.0 Å². The predicted octanol–water partition coefficient (Wildman–Crippen LogP) is 5.36. The van der Waals surface area contributed by atoms with E-state index in [0.717, 1.165) is 16.7 Å². The molecular formula is C23H18O2. The Morgan fingerprint density at radius 1 is 0.840 bits per heavy atom. The summed E-state index contributed by atoms with van der Waals surface area (Å²) in [6.07, 6.45) is 0.587. The van der Waals surface area contributed by atoms with E-state index in [0.29, 0.717) is 28.7 Å². The van der Waals surface area contributed by atoms with Gasteiger partial charge < -0.3 is 4.42 Å². The van der Waals surface area contributed by atoms with Crippen LogP contribution in [0.1, 0.15) is 16.9 Å². The second kappa shape index (κ2) is 6.40. The Hall–Kier alpha value is -3.13. The van der Waals surface area contributed by atoms with Crippen LogP contribution in [-0.4, -0.2) is 0 Å². The lowest BCUT2D eigenvalue weighted by Crippen LogP contribution is -2.10. The molecule has 0 radical (unpaired) electrons. The van der Waals surface area contributed by atoms with Gasteiger partial charge in [-0.2, -0.15) is 0 Å². The SMILES string of the molecule is Cc1ccc2oc(Cc3ccccc3)c(-c3ccccc3)c(=O)c2c1. The molecule has 4 aromatic rings. The number of hydrogen-bond acceptors (Lipinski definition) is 2. The first kappa shape index (κ1) is 15.4. The molecule has 3 aromatic carbocycles. The van der Waals surface area contributed by atoms with E-state index in [1.54, 1.807) is 0 Å². The summed E-state index contributed by atoms with van der Waals surface area (Å²) in [4.78, 5) is 13.2. The van der Waals surface area contributed by atoms with E-state index in [-0.39, 0.29) is 5.43 Å². The molecule has 122 valence electrons. The average molecular weight is 326 g/mol. The summed E-state index contributed by atoms with van der Waals surface area (Å²) in [5, 5.41) is 0.635. The molecule has 0 spiro atoms. The Balaban J connectivity index is 1.99. The molecule has 4 rings (SSSR count). The van der Waals surface area contributed by atoms with Crippen LogP contribution in [0, 0.1) is 6.92 Å². The topological polar surface area (TPSA) is 30.2 Å². The van der Waals surface area contributed by atoms with Crippen molar-refractivity contribution in [1.82, 2.24) is 0 Å². The lowest BCUT2D eigenvalue weighted by Gasteiger charge is -2.11. The second-order valence-corrected chi connectivity index (χ2v) is 6.26. The van der Waals surface area contributed by atoms with Gasteiger partial charge in [0.2, 0.25) is 5.43 Å². The minimum absolute atomic E-state index is 0.0297. The predicted molar refractivity (Wildman–Crippen MR) is 102 cm³/mol. The standard InChI is InChI=1S/C23H18O2/c1-16-12-13-20-19(14-16)23(24)22(18-10-6-3-7-11-18)21(25-20)15-17-8-4-2-5-9-17/h2-14H,15H2,1H3. The number of hydrogen-bond donors (Lipinski definition) is 0. The maximum Gasteiger partial charge on any atom is 0.200 e. The van der Waals surface area contributed by atoms with Gasteiger partial charge in [0.1, 0.15) is 11.3 Å². The summed E-state index contributed by atoms with van der Waals surface area (Å²) < 4.78 is 6.19. The third kappa shape index (κ3) is 2.99. The smallest absolute Gasteiger partial charge is 0.200 e. The minimum atomic E-state index is 0.0297. The molecule has 0 bridgehead atoms. The summed E-state index contributed by atoms with van der Waals surface area (Å²) in [6, 6.07) is 25.6. The summed E-state index contributed by atoms with van der Waals surface area (Å²) in [6.45, 7) is 1.99. The van der Waals surface area contributed by atoms with Crippen molar-refractivity contribution in [2.45, 2.75) is 13.3 Å². The Bertz CT molecular complexity index is 1080. The van der Waals surface area contributed by atoms with Crippen LogP contribution in [0.5, 0.6) is 0 Å². The molecular weight excluding hydrogens is 308 g/mol. The van der Waals surface area contributed by atoms with Crippen molar-refractivity contribution in [2.24, 2.45) is 0 Å².